The molecule has 1 aliphatic rings. The summed E-state index contributed by atoms with van der Waals surface area (Å²) in [6.45, 7) is 3.84. The lowest BCUT2D eigenvalue weighted by atomic mass is 9.99. The third kappa shape index (κ3) is 1.57. The van der Waals surface area contributed by atoms with Gasteiger partial charge in [-0.05, 0) is 24.0 Å². The highest BCUT2D eigenvalue weighted by molar-refractivity contribution is 7.91. The molecule has 0 unspecified atom stereocenters. The highest BCUT2D eigenvalue weighted by Gasteiger charge is 2.32. The van der Waals surface area contributed by atoms with Crippen LogP contribution in [0.4, 0.5) is 4.39 Å². The molecule has 4 heteroatoms. The van der Waals surface area contributed by atoms with E-state index in [1.165, 1.54) is 6.07 Å². The van der Waals surface area contributed by atoms with Crippen molar-refractivity contribution in [1.29, 1.82) is 0 Å². The molecule has 0 radical (unpaired) electrons. The number of rotatable bonds is 1. The van der Waals surface area contributed by atoms with Crippen LogP contribution in [0.3, 0.4) is 0 Å². The summed E-state index contributed by atoms with van der Waals surface area (Å²) in [4.78, 5) is 0.248. The summed E-state index contributed by atoms with van der Waals surface area (Å²) >= 11 is 0. The van der Waals surface area contributed by atoms with Gasteiger partial charge in [0.05, 0.1) is 10.6 Å². The molecule has 0 N–H and O–H groups in total. The molecule has 82 valence electrons. The van der Waals surface area contributed by atoms with Crippen molar-refractivity contribution >= 4 is 9.84 Å². The maximum absolute atomic E-state index is 13.4. The standard InChI is InChI=1S/C11H13FO2S/c1-7(2)8-3-4-10(12)9-5-6-15(13,14)11(8)9/h3-4,7H,5-6H2,1-2H3. The molecule has 0 saturated heterocycles. The first kappa shape index (κ1) is 10.6. The highest BCUT2D eigenvalue weighted by Crippen LogP contribution is 2.34. The summed E-state index contributed by atoms with van der Waals surface area (Å²) in [6.07, 6.45) is 0.310. The minimum absolute atomic E-state index is 0.0446. The largest absolute Gasteiger partial charge is 0.224 e. The third-order valence-electron chi connectivity index (χ3n) is 2.79. The minimum Gasteiger partial charge on any atom is -0.224 e. The molecular formula is C11H13FO2S. The van der Waals surface area contributed by atoms with Crippen LogP contribution in [0.2, 0.25) is 0 Å². The van der Waals surface area contributed by atoms with Crippen LogP contribution in [0.25, 0.3) is 0 Å². The number of sulfone groups is 1. The van der Waals surface area contributed by atoms with E-state index in [-0.39, 0.29) is 16.6 Å². The predicted molar refractivity (Wildman–Crippen MR) is 56.2 cm³/mol. The molecule has 1 aromatic rings. The van der Waals surface area contributed by atoms with Crippen molar-refractivity contribution in [2.75, 3.05) is 5.75 Å². The van der Waals surface area contributed by atoms with Gasteiger partial charge < -0.3 is 0 Å². The van der Waals surface area contributed by atoms with E-state index in [2.05, 4.69) is 0 Å². The highest BCUT2D eigenvalue weighted by atomic mass is 32.2. The fourth-order valence-corrected chi connectivity index (χ4v) is 3.93. The Kier molecular flexibility index (Phi) is 2.34. The summed E-state index contributed by atoms with van der Waals surface area (Å²) in [5, 5.41) is 0. The van der Waals surface area contributed by atoms with Gasteiger partial charge in [-0.15, -0.1) is 0 Å². The maximum atomic E-state index is 13.4. The number of fused-ring (bicyclic) bond motifs is 1. The van der Waals surface area contributed by atoms with Crippen LogP contribution in [0.5, 0.6) is 0 Å². The monoisotopic (exact) mass is 228 g/mol. The normalized spacial score (nSPS) is 18.1. The van der Waals surface area contributed by atoms with E-state index in [1.807, 2.05) is 13.8 Å². The van der Waals surface area contributed by atoms with Gasteiger partial charge in [0.1, 0.15) is 5.82 Å². The first-order valence-electron chi connectivity index (χ1n) is 4.97. The van der Waals surface area contributed by atoms with Gasteiger partial charge in [-0.25, -0.2) is 12.8 Å². The van der Waals surface area contributed by atoms with E-state index < -0.39 is 15.7 Å². The number of halogens is 1. The van der Waals surface area contributed by atoms with Crippen LogP contribution in [0.15, 0.2) is 17.0 Å². The second-order valence-corrected chi connectivity index (χ2v) is 6.21. The van der Waals surface area contributed by atoms with Gasteiger partial charge in [0.2, 0.25) is 0 Å². The molecule has 0 atom stereocenters. The Morgan fingerprint density at radius 1 is 1.33 bits per heavy atom. The second-order valence-electron chi connectivity index (χ2n) is 4.17. The molecule has 1 heterocycles. The Hall–Kier alpha value is -0.900. The molecule has 1 aliphatic heterocycles. The van der Waals surface area contributed by atoms with E-state index in [4.69, 9.17) is 0 Å². The quantitative estimate of drug-likeness (QED) is 0.739. The molecule has 0 spiro atoms. The van der Waals surface area contributed by atoms with Crippen molar-refractivity contribution in [2.24, 2.45) is 0 Å². The summed E-state index contributed by atoms with van der Waals surface area (Å²) in [7, 11) is -3.24. The number of benzene rings is 1. The molecule has 2 nitrogen and oxygen atoms in total. The number of hydrogen-bond acceptors (Lipinski definition) is 2. The van der Waals surface area contributed by atoms with E-state index in [9.17, 15) is 12.8 Å². The van der Waals surface area contributed by atoms with Crippen LogP contribution in [0.1, 0.15) is 30.9 Å². The van der Waals surface area contributed by atoms with Gasteiger partial charge in [0, 0.05) is 5.56 Å². The fourth-order valence-electron chi connectivity index (χ4n) is 2.02. The van der Waals surface area contributed by atoms with Crippen molar-refractivity contribution in [3.05, 3.63) is 29.1 Å². The SMILES string of the molecule is CC(C)c1ccc(F)c2c1S(=O)(=O)CC2. The first-order chi connectivity index (χ1) is 6.93. The van der Waals surface area contributed by atoms with Crippen LogP contribution in [-0.2, 0) is 16.3 Å². The zero-order chi connectivity index (χ0) is 11.2. The van der Waals surface area contributed by atoms with Gasteiger partial charge >= 0.3 is 0 Å². The smallest absolute Gasteiger partial charge is 0.179 e. The number of hydrogen-bond donors (Lipinski definition) is 0. The van der Waals surface area contributed by atoms with Crippen molar-refractivity contribution in [3.63, 3.8) is 0 Å². The van der Waals surface area contributed by atoms with Crippen molar-refractivity contribution in [1.82, 2.24) is 0 Å². The Balaban J connectivity index is 2.79. The predicted octanol–water partition coefficient (Wildman–Crippen LogP) is 2.28. The van der Waals surface area contributed by atoms with Gasteiger partial charge in [-0.2, -0.15) is 0 Å². The molecular weight excluding hydrogens is 215 g/mol. The lowest BCUT2D eigenvalue weighted by Gasteiger charge is -2.11. The summed E-state index contributed by atoms with van der Waals surface area (Å²) in [6, 6.07) is 2.96. The Labute approximate surface area is 89.0 Å². The molecule has 0 amide bonds. The molecule has 0 bridgehead atoms. The third-order valence-corrected chi connectivity index (χ3v) is 4.63. The van der Waals surface area contributed by atoms with Crippen molar-refractivity contribution in [2.45, 2.75) is 31.1 Å². The van der Waals surface area contributed by atoms with Gasteiger partial charge in [0.25, 0.3) is 0 Å². The second kappa shape index (κ2) is 3.30. The average Bonchev–Trinajstić information content (AvgIpc) is 2.44. The van der Waals surface area contributed by atoms with E-state index in [1.54, 1.807) is 6.07 Å². The summed E-state index contributed by atoms with van der Waals surface area (Å²) in [5.74, 6) is -0.245. The molecule has 0 fully saturated rings. The lowest BCUT2D eigenvalue weighted by molar-refractivity contribution is 0.593. The van der Waals surface area contributed by atoms with Crippen molar-refractivity contribution < 1.29 is 12.8 Å². The molecule has 15 heavy (non-hydrogen) atoms. The van der Waals surface area contributed by atoms with E-state index >= 15 is 0 Å². The maximum Gasteiger partial charge on any atom is 0.179 e. The Bertz CT molecular complexity index is 504. The van der Waals surface area contributed by atoms with Crippen molar-refractivity contribution in [3.8, 4) is 0 Å². The van der Waals surface area contributed by atoms with Gasteiger partial charge in [-0.3, -0.25) is 0 Å². The average molecular weight is 228 g/mol. The summed E-state index contributed by atoms with van der Waals surface area (Å²) in [5.41, 5.74) is 1.12. The Morgan fingerprint density at radius 3 is 2.60 bits per heavy atom. The zero-order valence-electron chi connectivity index (χ0n) is 8.75. The molecule has 0 aromatic heterocycles. The minimum atomic E-state index is -3.24. The van der Waals surface area contributed by atoms with Gasteiger partial charge in [0.15, 0.2) is 9.84 Å². The topological polar surface area (TPSA) is 34.1 Å². The fraction of sp³-hybridized carbons (Fsp3) is 0.455. The Morgan fingerprint density at radius 2 is 2.00 bits per heavy atom. The van der Waals surface area contributed by atoms with E-state index in [0.717, 1.165) is 5.56 Å². The first-order valence-corrected chi connectivity index (χ1v) is 6.62. The van der Waals surface area contributed by atoms with Gasteiger partial charge in [-0.1, -0.05) is 19.9 Å². The summed E-state index contributed by atoms with van der Waals surface area (Å²) < 4.78 is 36.9. The van der Waals surface area contributed by atoms with Crippen LogP contribution in [-0.4, -0.2) is 14.2 Å². The van der Waals surface area contributed by atoms with Crippen LogP contribution in [0, 0.1) is 5.82 Å². The molecule has 0 aliphatic carbocycles. The lowest BCUT2D eigenvalue weighted by Crippen LogP contribution is -2.04. The van der Waals surface area contributed by atoms with Crippen LogP contribution < -0.4 is 0 Å². The van der Waals surface area contributed by atoms with Crippen LogP contribution >= 0.6 is 0 Å². The molecule has 0 saturated carbocycles. The van der Waals surface area contributed by atoms with E-state index in [0.29, 0.717) is 12.0 Å². The zero-order valence-corrected chi connectivity index (χ0v) is 9.57. The molecule has 1 aromatic carbocycles. The molecule has 2 rings (SSSR count).